The van der Waals surface area contributed by atoms with Gasteiger partial charge in [0.25, 0.3) is 0 Å². The first-order valence-corrected chi connectivity index (χ1v) is 6.34. The summed E-state index contributed by atoms with van der Waals surface area (Å²) in [4.78, 5) is 11.6. The second kappa shape index (κ2) is 8.66. The minimum atomic E-state index is -0.0330. The van der Waals surface area contributed by atoms with Crippen LogP contribution in [0.25, 0.3) is 0 Å². The molecule has 1 amide bonds. The number of benzene rings is 1. The third-order valence-electron chi connectivity index (χ3n) is 2.54. The van der Waals surface area contributed by atoms with E-state index in [0.717, 1.165) is 18.5 Å². The number of carbonyl (C=O) groups excluding carboxylic acids is 1. The van der Waals surface area contributed by atoms with E-state index >= 15 is 0 Å². The number of hydrogen-bond acceptors (Lipinski definition) is 3. The van der Waals surface area contributed by atoms with Crippen molar-refractivity contribution in [2.45, 2.75) is 19.8 Å². The van der Waals surface area contributed by atoms with Gasteiger partial charge >= 0.3 is 0 Å². The Kier molecular flexibility index (Phi) is 7.06. The first-order valence-electron chi connectivity index (χ1n) is 6.34. The van der Waals surface area contributed by atoms with Crippen LogP contribution < -0.4 is 10.6 Å². The van der Waals surface area contributed by atoms with Gasteiger partial charge in [0, 0.05) is 19.3 Å². The molecule has 0 bridgehead atoms. The van der Waals surface area contributed by atoms with E-state index in [2.05, 4.69) is 29.7 Å². The quantitative estimate of drug-likeness (QED) is 0.692. The summed E-state index contributed by atoms with van der Waals surface area (Å²) in [5.41, 5.74) is 2.14. The second-order valence-electron chi connectivity index (χ2n) is 4.16. The Labute approximate surface area is 109 Å². The van der Waals surface area contributed by atoms with Gasteiger partial charge in [0.1, 0.15) is 0 Å². The predicted octanol–water partition coefficient (Wildman–Crippen LogP) is 1.81. The number of carbonyl (C=O) groups is 1. The monoisotopic (exact) mass is 250 g/mol. The zero-order valence-electron chi connectivity index (χ0n) is 11.2. The molecule has 2 N–H and O–H groups in total. The van der Waals surface area contributed by atoms with Gasteiger partial charge in [0.05, 0.1) is 13.2 Å². The van der Waals surface area contributed by atoms with Gasteiger partial charge in [-0.15, -0.1) is 0 Å². The van der Waals surface area contributed by atoms with Crippen molar-refractivity contribution in [3.8, 4) is 0 Å². The van der Waals surface area contributed by atoms with E-state index in [1.54, 1.807) is 7.11 Å². The SMILES string of the molecule is CCCc1ccc(NC(=O)CNCCOC)cc1. The van der Waals surface area contributed by atoms with Crippen molar-refractivity contribution in [2.75, 3.05) is 32.1 Å². The average molecular weight is 250 g/mol. The van der Waals surface area contributed by atoms with E-state index in [4.69, 9.17) is 4.74 Å². The fourth-order valence-corrected chi connectivity index (χ4v) is 1.62. The van der Waals surface area contributed by atoms with E-state index in [-0.39, 0.29) is 5.91 Å². The van der Waals surface area contributed by atoms with Crippen LogP contribution in [0.1, 0.15) is 18.9 Å². The van der Waals surface area contributed by atoms with Gasteiger partial charge in [0.15, 0.2) is 0 Å². The van der Waals surface area contributed by atoms with Crippen molar-refractivity contribution in [2.24, 2.45) is 0 Å². The molecule has 0 saturated heterocycles. The normalized spacial score (nSPS) is 10.3. The number of anilines is 1. The van der Waals surface area contributed by atoms with Crippen molar-refractivity contribution < 1.29 is 9.53 Å². The molecule has 0 radical (unpaired) electrons. The Morgan fingerprint density at radius 1 is 1.28 bits per heavy atom. The highest BCUT2D eigenvalue weighted by molar-refractivity contribution is 5.92. The summed E-state index contributed by atoms with van der Waals surface area (Å²) in [6.45, 7) is 3.75. The van der Waals surface area contributed by atoms with Gasteiger partial charge in [-0.25, -0.2) is 0 Å². The summed E-state index contributed by atoms with van der Waals surface area (Å²) < 4.78 is 4.88. The molecule has 0 saturated carbocycles. The topological polar surface area (TPSA) is 50.4 Å². The van der Waals surface area contributed by atoms with E-state index < -0.39 is 0 Å². The summed E-state index contributed by atoms with van der Waals surface area (Å²) in [5.74, 6) is -0.0330. The Morgan fingerprint density at radius 2 is 2.00 bits per heavy atom. The summed E-state index contributed by atoms with van der Waals surface area (Å²) in [6, 6.07) is 7.99. The number of rotatable bonds is 8. The van der Waals surface area contributed by atoms with Crippen LogP contribution in [0.5, 0.6) is 0 Å². The molecule has 4 heteroatoms. The molecule has 0 atom stereocenters. The Bertz CT molecular complexity index is 349. The van der Waals surface area contributed by atoms with Crippen molar-refractivity contribution in [3.05, 3.63) is 29.8 Å². The lowest BCUT2D eigenvalue weighted by Crippen LogP contribution is -2.30. The zero-order chi connectivity index (χ0) is 13.2. The standard InChI is InChI=1S/C14H22N2O2/c1-3-4-12-5-7-13(8-6-12)16-14(17)11-15-9-10-18-2/h5-8,15H,3-4,9-11H2,1-2H3,(H,16,17). The molecular formula is C14H22N2O2. The molecule has 1 rings (SSSR count). The zero-order valence-corrected chi connectivity index (χ0v) is 11.2. The van der Waals surface area contributed by atoms with Gasteiger partial charge in [-0.05, 0) is 24.1 Å². The summed E-state index contributed by atoms with van der Waals surface area (Å²) in [5, 5.41) is 5.85. The maximum Gasteiger partial charge on any atom is 0.238 e. The molecule has 100 valence electrons. The lowest BCUT2D eigenvalue weighted by Gasteiger charge is -2.07. The average Bonchev–Trinajstić information content (AvgIpc) is 2.37. The molecule has 1 aromatic carbocycles. The lowest BCUT2D eigenvalue weighted by atomic mass is 10.1. The number of hydrogen-bond donors (Lipinski definition) is 2. The first-order chi connectivity index (χ1) is 8.76. The molecule has 1 aromatic rings. The molecule has 0 unspecified atom stereocenters. The first kappa shape index (κ1) is 14.7. The van der Waals surface area contributed by atoms with Crippen LogP contribution in [0.15, 0.2) is 24.3 Å². The highest BCUT2D eigenvalue weighted by atomic mass is 16.5. The van der Waals surface area contributed by atoms with E-state index in [1.165, 1.54) is 5.56 Å². The maximum absolute atomic E-state index is 11.6. The highest BCUT2D eigenvalue weighted by Crippen LogP contribution is 2.10. The van der Waals surface area contributed by atoms with Crippen LogP contribution >= 0.6 is 0 Å². The van der Waals surface area contributed by atoms with Gasteiger partial charge in [-0.1, -0.05) is 25.5 Å². The van der Waals surface area contributed by atoms with Crippen LogP contribution in [-0.4, -0.2) is 32.7 Å². The fraction of sp³-hybridized carbons (Fsp3) is 0.500. The maximum atomic E-state index is 11.6. The smallest absolute Gasteiger partial charge is 0.238 e. The number of aryl methyl sites for hydroxylation is 1. The molecule has 0 heterocycles. The van der Waals surface area contributed by atoms with Crippen LogP contribution in [0, 0.1) is 0 Å². The summed E-state index contributed by atoms with van der Waals surface area (Å²) in [7, 11) is 1.64. The molecule has 0 spiro atoms. The van der Waals surface area contributed by atoms with Gasteiger partial charge in [-0.3, -0.25) is 4.79 Å². The van der Waals surface area contributed by atoms with Gasteiger partial charge in [0.2, 0.25) is 5.91 Å². The lowest BCUT2D eigenvalue weighted by molar-refractivity contribution is -0.115. The van der Waals surface area contributed by atoms with Crippen LogP contribution in [0.3, 0.4) is 0 Å². The molecule has 4 nitrogen and oxygen atoms in total. The van der Waals surface area contributed by atoms with Crippen LogP contribution in [0.2, 0.25) is 0 Å². The summed E-state index contributed by atoms with van der Waals surface area (Å²) >= 11 is 0. The molecule has 18 heavy (non-hydrogen) atoms. The number of methoxy groups -OCH3 is 1. The Morgan fingerprint density at radius 3 is 2.61 bits per heavy atom. The number of nitrogens with one attached hydrogen (secondary N) is 2. The predicted molar refractivity (Wildman–Crippen MR) is 73.8 cm³/mol. The molecule has 0 aliphatic rings. The third kappa shape index (κ3) is 5.80. The number of amides is 1. The largest absolute Gasteiger partial charge is 0.383 e. The summed E-state index contributed by atoms with van der Waals surface area (Å²) in [6.07, 6.45) is 2.21. The fourth-order valence-electron chi connectivity index (χ4n) is 1.62. The number of ether oxygens (including phenoxy) is 1. The van der Waals surface area contributed by atoms with E-state index in [0.29, 0.717) is 19.7 Å². The second-order valence-corrected chi connectivity index (χ2v) is 4.16. The molecule has 0 aliphatic heterocycles. The Balaban J connectivity index is 2.30. The minimum Gasteiger partial charge on any atom is -0.383 e. The van der Waals surface area contributed by atoms with Crippen molar-refractivity contribution in [3.63, 3.8) is 0 Å². The van der Waals surface area contributed by atoms with Crippen LogP contribution in [0.4, 0.5) is 5.69 Å². The molecule has 0 fully saturated rings. The highest BCUT2D eigenvalue weighted by Gasteiger charge is 2.01. The Hall–Kier alpha value is -1.39. The third-order valence-corrected chi connectivity index (χ3v) is 2.54. The van der Waals surface area contributed by atoms with E-state index in [1.807, 2.05) is 12.1 Å². The van der Waals surface area contributed by atoms with Gasteiger partial charge < -0.3 is 15.4 Å². The van der Waals surface area contributed by atoms with Gasteiger partial charge in [-0.2, -0.15) is 0 Å². The molecule has 0 aliphatic carbocycles. The molecule has 0 aromatic heterocycles. The van der Waals surface area contributed by atoms with Crippen LogP contribution in [-0.2, 0) is 16.0 Å². The molecular weight excluding hydrogens is 228 g/mol. The van der Waals surface area contributed by atoms with Crippen molar-refractivity contribution in [1.29, 1.82) is 0 Å². The van der Waals surface area contributed by atoms with Crippen molar-refractivity contribution >= 4 is 11.6 Å². The minimum absolute atomic E-state index is 0.0330. The van der Waals surface area contributed by atoms with Crippen molar-refractivity contribution in [1.82, 2.24) is 5.32 Å². The van der Waals surface area contributed by atoms with E-state index in [9.17, 15) is 4.79 Å².